The van der Waals surface area contributed by atoms with Crippen LogP contribution in [0.3, 0.4) is 0 Å². The lowest BCUT2D eigenvalue weighted by Crippen LogP contribution is -2.20. The van der Waals surface area contributed by atoms with E-state index in [1.807, 2.05) is 30.3 Å². The molecule has 1 aliphatic rings. The summed E-state index contributed by atoms with van der Waals surface area (Å²) in [5, 5.41) is 0. The molecule has 104 valence electrons. The maximum absolute atomic E-state index is 4.82. The predicted molar refractivity (Wildman–Crippen MR) is 84.2 cm³/mol. The van der Waals surface area contributed by atoms with Crippen molar-refractivity contribution in [1.82, 2.24) is 15.0 Å². The van der Waals surface area contributed by atoms with Crippen LogP contribution in [0.5, 0.6) is 0 Å². The number of hydrogen-bond donors (Lipinski definition) is 0. The van der Waals surface area contributed by atoms with Crippen LogP contribution in [0.25, 0.3) is 22.4 Å². The number of anilines is 1. The van der Waals surface area contributed by atoms with Crippen LogP contribution in [0.1, 0.15) is 12.8 Å². The van der Waals surface area contributed by atoms with E-state index in [0.29, 0.717) is 0 Å². The van der Waals surface area contributed by atoms with Crippen molar-refractivity contribution >= 4 is 17.0 Å². The average molecular weight is 276 g/mol. The molecule has 3 heterocycles. The molecule has 0 radical (unpaired) electrons. The standard InChI is InChI=1S/C17H16N4/c1-2-7-13(8-3-1)15-17(21-11-4-5-12-21)20-16-14(19-15)9-6-10-18-16/h1-3,6-10H,4-5,11-12H2. The highest BCUT2D eigenvalue weighted by molar-refractivity contribution is 5.81. The van der Waals surface area contributed by atoms with Gasteiger partial charge >= 0.3 is 0 Å². The maximum atomic E-state index is 4.82. The molecule has 4 rings (SSSR count). The smallest absolute Gasteiger partial charge is 0.180 e. The Kier molecular flexibility index (Phi) is 2.99. The Bertz CT molecular complexity index is 764. The third kappa shape index (κ3) is 2.23. The second-order valence-electron chi connectivity index (χ2n) is 5.30. The molecule has 0 unspecified atom stereocenters. The molecular weight excluding hydrogens is 260 g/mol. The van der Waals surface area contributed by atoms with Gasteiger partial charge in [0.1, 0.15) is 11.2 Å². The molecule has 3 aromatic rings. The third-order valence-electron chi connectivity index (χ3n) is 3.87. The summed E-state index contributed by atoms with van der Waals surface area (Å²) in [6.07, 6.45) is 4.21. The molecule has 4 heteroatoms. The Labute approximate surface area is 123 Å². The van der Waals surface area contributed by atoms with Gasteiger partial charge in [0.2, 0.25) is 0 Å². The molecule has 0 saturated carbocycles. The van der Waals surface area contributed by atoms with Crippen molar-refractivity contribution in [3.63, 3.8) is 0 Å². The Morgan fingerprint density at radius 3 is 2.48 bits per heavy atom. The average Bonchev–Trinajstić information content (AvgIpc) is 3.09. The molecule has 0 spiro atoms. The first-order chi connectivity index (χ1) is 10.4. The summed E-state index contributed by atoms with van der Waals surface area (Å²) in [4.78, 5) is 16.3. The van der Waals surface area contributed by atoms with Crippen molar-refractivity contribution in [1.29, 1.82) is 0 Å². The Balaban J connectivity index is 1.95. The lowest BCUT2D eigenvalue weighted by molar-refractivity contribution is 0.936. The van der Waals surface area contributed by atoms with Crippen LogP contribution in [-0.4, -0.2) is 28.0 Å². The molecule has 21 heavy (non-hydrogen) atoms. The van der Waals surface area contributed by atoms with Crippen molar-refractivity contribution in [2.75, 3.05) is 18.0 Å². The van der Waals surface area contributed by atoms with Gasteiger partial charge in [-0.3, -0.25) is 0 Å². The van der Waals surface area contributed by atoms with Crippen molar-refractivity contribution in [2.24, 2.45) is 0 Å². The monoisotopic (exact) mass is 276 g/mol. The van der Waals surface area contributed by atoms with E-state index in [-0.39, 0.29) is 0 Å². The van der Waals surface area contributed by atoms with Crippen molar-refractivity contribution in [2.45, 2.75) is 12.8 Å². The molecule has 0 aliphatic carbocycles. The summed E-state index contributed by atoms with van der Waals surface area (Å²) in [6.45, 7) is 2.10. The second kappa shape index (κ2) is 5.13. The van der Waals surface area contributed by atoms with Crippen LogP contribution in [0.4, 0.5) is 5.82 Å². The number of fused-ring (bicyclic) bond motifs is 1. The highest BCUT2D eigenvalue weighted by Gasteiger charge is 2.20. The number of benzene rings is 1. The van der Waals surface area contributed by atoms with Gasteiger partial charge in [-0.1, -0.05) is 30.3 Å². The first-order valence-electron chi connectivity index (χ1n) is 7.35. The number of pyridine rings is 1. The molecular formula is C17H16N4. The summed E-state index contributed by atoms with van der Waals surface area (Å²) >= 11 is 0. The lowest BCUT2D eigenvalue weighted by atomic mass is 10.1. The van der Waals surface area contributed by atoms with Gasteiger partial charge in [-0.15, -0.1) is 0 Å². The number of aromatic nitrogens is 3. The molecule has 0 N–H and O–H groups in total. The summed E-state index contributed by atoms with van der Waals surface area (Å²) in [6, 6.07) is 14.2. The van der Waals surface area contributed by atoms with Gasteiger partial charge in [-0.05, 0) is 25.0 Å². The highest BCUT2D eigenvalue weighted by atomic mass is 15.2. The zero-order chi connectivity index (χ0) is 14.1. The van der Waals surface area contributed by atoms with Gasteiger partial charge in [0.25, 0.3) is 0 Å². The third-order valence-corrected chi connectivity index (χ3v) is 3.87. The zero-order valence-electron chi connectivity index (χ0n) is 11.7. The molecule has 1 aromatic carbocycles. The fraction of sp³-hybridized carbons (Fsp3) is 0.235. The van der Waals surface area contributed by atoms with Crippen LogP contribution in [-0.2, 0) is 0 Å². The number of rotatable bonds is 2. The minimum absolute atomic E-state index is 0.721. The number of nitrogens with zero attached hydrogens (tertiary/aromatic N) is 4. The second-order valence-corrected chi connectivity index (χ2v) is 5.30. The van der Waals surface area contributed by atoms with E-state index in [9.17, 15) is 0 Å². The Hall–Kier alpha value is -2.49. The van der Waals surface area contributed by atoms with Gasteiger partial charge in [0, 0.05) is 24.8 Å². The van der Waals surface area contributed by atoms with Gasteiger partial charge in [0.05, 0.1) is 0 Å². The van der Waals surface area contributed by atoms with Crippen molar-refractivity contribution in [3.8, 4) is 11.3 Å². The molecule has 1 saturated heterocycles. The fourth-order valence-electron chi connectivity index (χ4n) is 2.82. The first kappa shape index (κ1) is 12.3. The van der Waals surface area contributed by atoms with E-state index in [4.69, 9.17) is 9.97 Å². The van der Waals surface area contributed by atoms with Gasteiger partial charge < -0.3 is 4.90 Å². The van der Waals surface area contributed by atoms with Crippen LogP contribution in [0, 0.1) is 0 Å². The Morgan fingerprint density at radius 1 is 0.857 bits per heavy atom. The van der Waals surface area contributed by atoms with E-state index in [2.05, 4.69) is 22.0 Å². The van der Waals surface area contributed by atoms with Gasteiger partial charge in [-0.25, -0.2) is 15.0 Å². The number of hydrogen-bond acceptors (Lipinski definition) is 4. The molecule has 2 aromatic heterocycles. The van der Waals surface area contributed by atoms with E-state index in [0.717, 1.165) is 41.3 Å². The van der Waals surface area contributed by atoms with E-state index in [1.54, 1.807) is 6.20 Å². The lowest BCUT2D eigenvalue weighted by Gasteiger charge is -2.19. The normalized spacial score (nSPS) is 14.8. The summed E-state index contributed by atoms with van der Waals surface area (Å²) < 4.78 is 0. The SMILES string of the molecule is c1ccc(-c2nc3cccnc3nc2N2CCCC2)cc1. The van der Waals surface area contributed by atoms with E-state index < -0.39 is 0 Å². The minimum Gasteiger partial charge on any atom is -0.355 e. The van der Waals surface area contributed by atoms with Gasteiger partial charge in [-0.2, -0.15) is 0 Å². The van der Waals surface area contributed by atoms with Crippen LogP contribution in [0.2, 0.25) is 0 Å². The summed E-state index contributed by atoms with van der Waals surface area (Å²) in [5.41, 5.74) is 3.63. The summed E-state index contributed by atoms with van der Waals surface area (Å²) in [5.74, 6) is 0.963. The molecule has 0 amide bonds. The minimum atomic E-state index is 0.721. The van der Waals surface area contributed by atoms with Crippen molar-refractivity contribution in [3.05, 3.63) is 48.7 Å². The molecule has 0 atom stereocenters. The largest absolute Gasteiger partial charge is 0.355 e. The van der Waals surface area contributed by atoms with E-state index >= 15 is 0 Å². The van der Waals surface area contributed by atoms with Crippen LogP contribution >= 0.6 is 0 Å². The van der Waals surface area contributed by atoms with Crippen molar-refractivity contribution < 1.29 is 0 Å². The highest BCUT2D eigenvalue weighted by Crippen LogP contribution is 2.30. The molecule has 1 fully saturated rings. The topological polar surface area (TPSA) is 41.9 Å². The van der Waals surface area contributed by atoms with Crippen LogP contribution < -0.4 is 4.90 Å². The molecule has 0 bridgehead atoms. The van der Waals surface area contributed by atoms with Crippen LogP contribution in [0.15, 0.2) is 48.7 Å². The quantitative estimate of drug-likeness (QED) is 0.720. The first-order valence-corrected chi connectivity index (χ1v) is 7.35. The van der Waals surface area contributed by atoms with Gasteiger partial charge in [0.15, 0.2) is 11.5 Å². The molecule has 4 nitrogen and oxygen atoms in total. The fourth-order valence-corrected chi connectivity index (χ4v) is 2.82. The Morgan fingerprint density at radius 2 is 1.67 bits per heavy atom. The zero-order valence-corrected chi connectivity index (χ0v) is 11.7. The van der Waals surface area contributed by atoms with E-state index in [1.165, 1.54) is 12.8 Å². The molecule has 1 aliphatic heterocycles. The predicted octanol–water partition coefficient (Wildman–Crippen LogP) is 3.29. The maximum Gasteiger partial charge on any atom is 0.180 e. The summed E-state index contributed by atoms with van der Waals surface area (Å²) in [7, 11) is 0.